The van der Waals surface area contributed by atoms with Gasteiger partial charge in [-0.2, -0.15) is 5.26 Å². The maximum atomic E-state index is 12.1. The van der Waals surface area contributed by atoms with Crippen molar-refractivity contribution in [3.8, 4) is 6.07 Å². The van der Waals surface area contributed by atoms with E-state index in [2.05, 4.69) is 27.4 Å². The fraction of sp³-hybridized carbons (Fsp3) is 0.375. The lowest BCUT2D eigenvalue weighted by Crippen LogP contribution is -2.33. The molecule has 1 aromatic heterocycles. The summed E-state index contributed by atoms with van der Waals surface area (Å²) in [5.41, 5.74) is 2.33. The highest BCUT2D eigenvalue weighted by molar-refractivity contribution is 5.75. The smallest absolute Gasteiger partial charge is 0.270 e. The number of benzene rings is 1. The van der Waals surface area contributed by atoms with E-state index >= 15 is 0 Å². The molecular formula is C16H17N4O. The molecule has 3 rings (SSSR count). The van der Waals surface area contributed by atoms with Gasteiger partial charge in [0, 0.05) is 13.0 Å². The van der Waals surface area contributed by atoms with Gasteiger partial charge in [-0.05, 0) is 50.6 Å². The molecule has 1 aliphatic rings. The van der Waals surface area contributed by atoms with Crippen molar-refractivity contribution in [3.05, 3.63) is 46.2 Å². The van der Waals surface area contributed by atoms with E-state index in [0.717, 1.165) is 32.5 Å². The van der Waals surface area contributed by atoms with E-state index in [1.807, 2.05) is 0 Å². The lowest BCUT2D eigenvalue weighted by Gasteiger charge is -2.25. The molecular weight excluding hydrogens is 264 g/mol. The highest BCUT2D eigenvalue weighted by Crippen LogP contribution is 2.11. The molecule has 0 saturated carbocycles. The van der Waals surface area contributed by atoms with Gasteiger partial charge in [0.2, 0.25) is 0 Å². The molecule has 107 valence electrons. The number of hydrogen-bond acceptors (Lipinski definition) is 4. The highest BCUT2D eigenvalue weighted by atomic mass is 16.1. The number of likely N-dealkylation sites (tertiary alicyclic amines) is 1. The summed E-state index contributed by atoms with van der Waals surface area (Å²) in [4.78, 5) is 21.7. The van der Waals surface area contributed by atoms with Gasteiger partial charge >= 0.3 is 0 Å². The van der Waals surface area contributed by atoms with Crippen LogP contribution in [-0.4, -0.2) is 34.5 Å². The normalized spacial score (nSPS) is 16.0. The van der Waals surface area contributed by atoms with Gasteiger partial charge in [0.15, 0.2) is 0 Å². The molecule has 0 atom stereocenters. The average Bonchev–Trinajstić information content (AvgIpc) is 2.53. The minimum Gasteiger partial charge on any atom is -0.319 e. The van der Waals surface area contributed by atoms with Gasteiger partial charge < -0.3 is 9.88 Å². The monoisotopic (exact) mass is 281 g/mol. The Balaban J connectivity index is 1.82. The number of piperidine rings is 1. The van der Waals surface area contributed by atoms with Crippen molar-refractivity contribution in [2.75, 3.05) is 19.6 Å². The molecule has 1 N–H and O–H groups in total. The van der Waals surface area contributed by atoms with Crippen molar-refractivity contribution >= 4 is 11.0 Å². The molecule has 1 saturated heterocycles. The summed E-state index contributed by atoms with van der Waals surface area (Å²) in [6.07, 6.45) is 5.18. The Labute approximate surface area is 123 Å². The second-order valence-corrected chi connectivity index (χ2v) is 5.31. The van der Waals surface area contributed by atoms with Gasteiger partial charge in [-0.15, -0.1) is 0 Å². The first-order chi connectivity index (χ1) is 10.3. The van der Waals surface area contributed by atoms with Crippen molar-refractivity contribution in [1.82, 2.24) is 14.9 Å². The van der Waals surface area contributed by atoms with Crippen LogP contribution in [0.15, 0.2) is 23.0 Å². The SMILES string of the molecule is N#Cc1ccc2[nH]c(=O)c(CCN3CC[CH]CC3)nc2c1. The fourth-order valence-electron chi connectivity index (χ4n) is 2.65. The van der Waals surface area contributed by atoms with Gasteiger partial charge in [-0.3, -0.25) is 4.79 Å². The van der Waals surface area contributed by atoms with E-state index in [-0.39, 0.29) is 5.56 Å². The lowest BCUT2D eigenvalue weighted by atomic mass is 10.1. The van der Waals surface area contributed by atoms with E-state index in [9.17, 15) is 4.79 Å². The average molecular weight is 281 g/mol. The number of hydrogen-bond donors (Lipinski definition) is 1. The van der Waals surface area contributed by atoms with Gasteiger partial charge in [-0.25, -0.2) is 4.98 Å². The minimum absolute atomic E-state index is 0.129. The number of nitrogens with one attached hydrogen (secondary N) is 1. The number of H-pyrrole nitrogens is 1. The number of aromatic nitrogens is 2. The Bertz CT molecular complexity index is 738. The molecule has 2 heterocycles. The van der Waals surface area contributed by atoms with Crippen LogP contribution in [0.4, 0.5) is 0 Å². The van der Waals surface area contributed by atoms with Crippen LogP contribution in [0, 0.1) is 17.8 Å². The molecule has 1 fully saturated rings. The third kappa shape index (κ3) is 3.11. The molecule has 5 nitrogen and oxygen atoms in total. The van der Waals surface area contributed by atoms with Crippen LogP contribution >= 0.6 is 0 Å². The van der Waals surface area contributed by atoms with Crippen molar-refractivity contribution in [2.45, 2.75) is 19.3 Å². The quantitative estimate of drug-likeness (QED) is 0.928. The van der Waals surface area contributed by atoms with Crippen LogP contribution in [-0.2, 0) is 6.42 Å². The van der Waals surface area contributed by atoms with Crippen molar-refractivity contribution in [2.24, 2.45) is 0 Å². The zero-order chi connectivity index (χ0) is 14.7. The molecule has 2 aromatic rings. The Morgan fingerprint density at radius 2 is 2.14 bits per heavy atom. The van der Waals surface area contributed by atoms with Crippen molar-refractivity contribution in [1.29, 1.82) is 5.26 Å². The zero-order valence-electron chi connectivity index (χ0n) is 11.8. The summed E-state index contributed by atoms with van der Waals surface area (Å²) >= 11 is 0. The second-order valence-electron chi connectivity index (χ2n) is 5.31. The fourth-order valence-corrected chi connectivity index (χ4v) is 2.65. The number of nitriles is 1. The molecule has 0 aliphatic carbocycles. The number of aromatic amines is 1. The topological polar surface area (TPSA) is 72.8 Å². The summed E-state index contributed by atoms with van der Waals surface area (Å²) in [5.74, 6) is 0. The first kappa shape index (κ1) is 13.8. The predicted octanol–water partition coefficient (Wildman–Crippen LogP) is 1.64. The third-order valence-electron chi connectivity index (χ3n) is 3.86. The molecule has 0 spiro atoms. The zero-order valence-corrected chi connectivity index (χ0v) is 11.8. The summed E-state index contributed by atoms with van der Waals surface area (Å²) in [5, 5.41) is 8.94. The summed E-state index contributed by atoms with van der Waals surface area (Å²) in [6, 6.07) is 7.22. The van der Waals surface area contributed by atoms with E-state index in [0.29, 0.717) is 28.7 Å². The van der Waals surface area contributed by atoms with Crippen LogP contribution in [0.2, 0.25) is 0 Å². The Morgan fingerprint density at radius 1 is 1.33 bits per heavy atom. The molecule has 0 amide bonds. The van der Waals surface area contributed by atoms with E-state index < -0.39 is 0 Å². The van der Waals surface area contributed by atoms with E-state index in [1.165, 1.54) is 0 Å². The number of rotatable bonds is 3. The van der Waals surface area contributed by atoms with Crippen molar-refractivity contribution < 1.29 is 0 Å². The molecule has 0 bridgehead atoms. The minimum atomic E-state index is -0.129. The molecule has 21 heavy (non-hydrogen) atoms. The summed E-state index contributed by atoms with van der Waals surface area (Å²) < 4.78 is 0. The Kier molecular flexibility index (Phi) is 3.98. The van der Waals surface area contributed by atoms with Crippen LogP contribution in [0.3, 0.4) is 0 Å². The van der Waals surface area contributed by atoms with E-state index in [1.54, 1.807) is 18.2 Å². The van der Waals surface area contributed by atoms with Crippen molar-refractivity contribution in [3.63, 3.8) is 0 Å². The van der Waals surface area contributed by atoms with Crippen LogP contribution in [0.1, 0.15) is 24.1 Å². The predicted molar refractivity (Wildman–Crippen MR) is 80.8 cm³/mol. The maximum absolute atomic E-state index is 12.1. The van der Waals surface area contributed by atoms with Gasteiger partial charge in [0.1, 0.15) is 5.69 Å². The summed E-state index contributed by atoms with van der Waals surface area (Å²) in [7, 11) is 0. The highest BCUT2D eigenvalue weighted by Gasteiger charge is 2.12. The number of nitrogens with zero attached hydrogens (tertiary/aromatic N) is 3. The molecule has 1 radical (unpaired) electrons. The van der Waals surface area contributed by atoms with E-state index in [4.69, 9.17) is 5.26 Å². The molecule has 1 aromatic carbocycles. The maximum Gasteiger partial charge on any atom is 0.270 e. The Morgan fingerprint density at radius 3 is 2.90 bits per heavy atom. The van der Waals surface area contributed by atoms with Crippen LogP contribution in [0.5, 0.6) is 0 Å². The van der Waals surface area contributed by atoms with Crippen LogP contribution < -0.4 is 5.56 Å². The van der Waals surface area contributed by atoms with Crippen LogP contribution in [0.25, 0.3) is 11.0 Å². The van der Waals surface area contributed by atoms with Gasteiger partial charge in [-0.1, -0.05) is 0 Å². The molecule has 0 unspecified atom stereocenters. The standard InChI is InChI=1S/C16H17N4O/c17-11-12-4-5-13-15(10-12)18-14(16(21)19-13)6-9-20-7-2-1-3-8-20/h1,4-5,10H,2-3,6-9H2,(H,19,21). The molecule has 5 heteroatoms. The second kappa shape index (κ2) is 6.06. The third-order valence-corrected chi connectivity index (χ3v) is 3.86. The Hall–Kier alpha value is -2.19. The summed E-state index contributed by atoms with van der Waals surface area (Å²) in [6.45, 7) is 2.97. The largest absolute Gasteiger partial charge is 0.319 e. The number of fused-ring (bicyclic) bond motifs is 1. The lowest BCUT2D eigenvalue weighted by molar-refractivity contribution is 0.256. The molecule has 1 aliphatic heterocycles. The first-order valence-electron chi connectivity index (χ1n) is 7.23. The first-order valence-corrected chi connectivity index (χ1v) is 7.23. The van der Waals surface area contributed by atoms with Gasteiger partial charge in [0.25, 0.3) is 5.56 Å². The van der Waals surface area contributed by atoms with Gasteiger partial charge in [0.05, 0.1) is 22.7 Å².